The number of carbonyl (C=O) groups excluding carboxylic acids is 2. The first-order valence-corrected chi connectivity index (χ1v) is 8.23. The summed E-state index contributed by atoms with van der Waals surface area (Å²) in [5.41, 5.74) is -0.732. The first-order valence-electron chi connectivity index (χ1n) is 8.23. The first kappa shape index (κ1) is 20.2. The van der Waals surface area contributed by atoms with E-state index in [1.165, 1.54) is 0 Å². The van der Waals surface area contributed by atoms with Crippen LogP contribution in [0.2, 0.25) is 0 Å². The number of carboxylic acids is 1. The van der Waals surface area contributed by atoms with Crippen molar-refractivity contribution in [3.05, 3.63) is 0 Å². The minimum absolute atomic E-state index is 0.276. The van der Waals surface area contributed by atoms with Gasteiger partial charge in [0.2, 0.25) is 5.91 Å². The highest BCUT2D eigenvalue weighted by Gasteiger charge is 2.29. The number of hydrogen-bond acceptors (Lipinski definition) is 5. The smallest absolute Gasteiger partial charge is 0.408 e. The van der Waals surface area contributed by atoms with E-state index in [0.717, 1.165) is 13.1 Å². The van der Waals surface area contributed by atoms with Crippen LogP contribution in [0.25, 0.3) is 0 Å². The summed E-state index contributed by atoms with van der Waals surface area (Å²) in [7, 11) is 0. The van der Waals surface area contributed by atoms with Crippen LogP contribution in [0.15, 0.2) is 0 Å². The standard InChI is InChI=1S/C16H29N3O5/c1-11(2)18-6-8-19(9-7-18)13(20)10-12(14(21)22)17-15(23)24-16(3,4)5/h11-12H,6-10H2,1-5H3,(H,17,23)(H,21,22)/t12-/m1/s1. The molecule has 1 saturated heterocycles. The maximum Gasteiger partial charge on any atom is 0.408 e. The molecule has 0 aliphatic carbocycles. The molecule has 138 valence electrons. The summed E-state index contributed by atoms with van der Waals surface area (Å²) in [6.45, 7) is 11.9. The third-order valence-electron chi connectivity index (χ3n) is 3.77. The van der Waals surface area contributed by atoms with Gasteiger partial charge in [0, 0.05) is 32.2 Å². The van der Waals surface area contributed by atoms with Crippen LogP contribution in [0.3, 0.4) is 0 Å². The number of piperazine rings is 1. The number of nitrogens with zero attached hydrogens (tertiary/aromatic N) is 2. The predicted molar refractivity (Wildman–Crippen MR) is 88.7 cm³/mol. The Morgan fingerprint density at radius 3 is 2.08 bits per heavy atom. The second-order valence-corrected chi connectivity index (χ2v) is 7.25. The number of carboxylic acid groups (broad SMARTS) is 1. The van der Waals surface area contributed by atoms with Crippen molar-refractivity contribution in [1.29, 1.82) is 0 Å². The normalized spacial score (nSPS) is 17.5. The Bertz CT molecular complexity index is 465. The summed E-state index contributed by atoms with van der Waals surface area (Å²) in [5, 5.41) is 11.5. The summed E-state index contributed by atoms with van der Waals surface area (Å²) in [6, 6.07) is -0.877. The zero-order valence-corrected chi connectivity index (χ0v) is 15.2. The van der Waals surface area contributed by atoms with E-state index in [2.05, 4.69) is 24.1 Å². The summed E-state index contributed by atoms with van der Waals surface area (Å²) >= 11 is 0. The van der Waals surface area contributed by atoms with E-state index in [9.17, 15) is 19.5 Å². The number of rotatable bonds is 5. The minimum atomic E-state index is -1.30. The third kappa shape index (κ3) is 6.74. The molecule has 1 aliphatic rings. The van der Waals surface area contributed by atoms with Crippen molar-refractivity contribution in [2.75, 3.05) is 26.2 Å². The highest BCUT2D eigenvalue weighted by Crippen LogP contribution is 2.10. The van der Waals surface area contributed by atoms with Crippen molar-refractivity contribution in [2.45, 2.75) is 58.7 Å². The Kier molecular flexibility index (Phi) is 7.01. The van der Waals surface area contributed by atoms with Crippen molar-refractivity contribution in [1.82, 2.24) is 15.1 Å². The van der Waals surface area contributed by atoms with Crippen molar-refractivity contribution < 1.29 is 24.2 Å². The van der Waals surface area contributed by atoms with E-state index >= 15 is 0 Å². The monoisotopic (exact) mass is 343 g/mol. The van der Waals surface area contributed by atoms with Gasteiger partial charge in [-0.15, -0.1) is 0 Å². The van der Waals surface area contributed by atoms with Crippen LogP contribution in [0.5, 0.6) is 0 Å². The third-order valence-corrected chi connectivity index (χ3v) is 3.77. The summed E-state index contributed by atoms with van der Waals surface area (Å²) < 4.78 is 5.04. The molecule has 0 unspecified atom stereocenters. The van der Waals surface area contributed by atoms with E-state index in [0.29, 0.717) is 19.1 Å². The Morgan fingerprint density at radius 1 is 1.12 bits per heavy atom. The quantitative estimate of drug-likeness (QED) is 0.770. The molecule has 1 rings (SSSR count). The molecule has 0 aromatic carbocycles. The molecule has 8 heteroatoms. The summed E-state index contributed by atoms with van der Waals surface area (Å²) in [5.74, 6) is -1.53. The molecule has 0 radical (unpaired) electrons. The molecule has 1 aliphatic heterocycles. The molecule has 0 aromatic heterocycles. The predicted octanol–water partition coefficient (Wildman–Crippen LogP) is 0.907. The number of hydrogen-bond donors (Lipinski definition) is 2. The average Bonchev–Trinajstić information content (AvgIpc) is 2.44. The highest BCUT2D eigenvalue weighted by molar-refractivity contribution is 5.87. The number of amides is 2. The van der Waals surface area contributed by atoms with Crippen molar-refractivity contribution >= 4 is 18.0 Å². The van der Waals surface area contributed by atoms with Crippen LogP contribution < -0.4 is 5.32 Å². The fourth-order valence-electron chi connectivity index (χ4n) is 2.44. The van der Waals surface area contributed by atoms with Gasteiger partial charge in [0.05, 0.1) is 6.42 Å². The Balaban J connectivity index is 2.55. The maximum atomic E-state index is 12.3. The topological polar surface area (TPSA) is 99.2 Å². The van der Waals surface area contributed by atoms with Gasteiger partial charge < -0.3 is 20.1 Å². The van der Waals surface area contributed by atoms with Crippen LogP contribution in [-0.2, 0) is 14.3 Å². The lowest BCUT2D eigenvalue weighted by Crippen LogP contribution is -2.52. The number of nitrogens with one attached hydrogen (secondary N) is 1. The van der Waals surface area contributed by atoms with Crippen molar-refractivity contribution in [2.24, 2.45) is 0 Å². The number of ether oxygens (including phenoxy) is 1. The highest BCUT2D eigenvalue weighted by atomic mass is 16.6. The zero-order valence-electron chi connectivity index (χ0n) is 15.2. The fraction of sp³-hybridized carbons (Fsp3) is 0.812. The van der Waals surface area contributed by atoms with Gasteiger partial charge in [-0.2, -0.15) is 0 Å². The maximum absolute atomic E-state index is 12.3. The van der Waals surface area contributed by atoms with Crippen LogP contribution in [-0.4, -0.2) is 76.7 Å². The minimum Gasteiger partial charge on any atom is -0.480 e. The molecule has 0 spiro atoms. The second kappa shape index (κ2) is 8.32. The zero-order chi connectivity index (χ0) is 18.5. The molecule has 24 heavy (non-hydrogen) atoms. The number of carbonyl (C=O) groups is 3. The molecule has 0 saturated carbocycles. The van der Waals surface area contributed by atoms with E-state index in [-0.39, 0.29) is 12.3 Å². The van der Waals surface area contributed by atoms with Gasteiger partial charge in [-0.25, -0.2) is 9.59 Å². The van der Waals surface area contributed by atoms with Crippen LogP contribution in [0.1, 0.15) is 41.0 Å². The van der Waals surface area contributed by atoms with Gasteiger partial charge in [-0.3, -0.25) is 9.69 Å². The SMILES string of the molecule is CC(C)N1CCN(C(=O)C[C@@H](NC(=O)OC(C)(C)C)C(=O)O)CC1. The molecule has 8 nitrogen and oxygen atoms in total. The van der Waals surface area contributed by atoms with Gasteiger partial charge in [0.1, 0.15) is 11.6 Å². The molecule has 1 atom stereocenters. The van der Waals surface area contributed by atoms with E-state index in [1.54, 1.807) is 25.7 Å². The molecule has 1 fully saturated rings. The van der Waals surface area contributed by atoms with E-state index in [1.807, 2.05) is 0 Å². The lowest BCUT2D eigenvalue weighted by atomic mass is 10.1. The van der Waals surface area contributed by atoms with Gasteiger partial charge in [-0.1, -0.05) is 0 Å². The van der Waals surface area contributed by atoms with E-state index < -0.39 is 23.7 Å². The lowest BCUT2D eigenvalue weighted by Gasteiger charge is -2.37. The molecular formula is C16H29N3O5. The van der Waals surface area contributed by atoms with Crippen LogP contribution in [0.4, 0.5) is 4.79 Å². The Morgan fingerprint density at radius 2 is 1.67 bits per heavy atom. The first-order chi connectivity index (χ1) is 11.0. The van der Waals surface area contributed by atoms with Gasteiger partial charge >= 0.3 is 12.1 Å². The second-order valence-electron chi connectivity index (χ2n) is 7.25. The largest absolute Gasteiger partial charge is 0.480 e. The molecule has 1 heterocycles. The summed E-state index contributed by atoms with van der Waals surface area (Å²) in [4.78, 5) is 39.2. The Labute approximate surface area is 143 Å². The molecule has 2 N–H and O–H groups in total. The van der Waals surface area contributed by atoms with Gasteiger partial charge in [0.15, 0.2) is 0 Å². The summed E-state index contributed by atoms with van der Waals surface area (Å²) in [6.07, 6.45) is -1.12. The fourth-order valence-corrected chi connectivity index (χ4v) is 2.44. The molecule has 0 bridgehead atoms. The van der Waals surface area contributed by atoms with Crippen LogP contribution in [0, 0.1) is 0 Å². The molecule has 0 aromatic rings. The number of alkyl carbamates (subject to hydrolysis) is 1. The number of aliphatic carboxylic acids is 1. The van der Waals surface area contributed by atoms with Crippen molar-refractivity contribution in [3.63, 3.8) is 0 Å². The molecular weight excluding hydrogens is 314 g/mol. The molecule has 2 amide bonds. The Hall–Kier alpha value is -1.83. The van der Waals surface area contributed by atoms with Crippen molar-refractivity contribution in [3.8, 4) is 0 Å². The lowest BCUT2D eigenvalue weighted by molar-refractivity contribution is -0.144. The van der Waals surface area contributed by atoms with Gasteiger partial charge in [-0.05, 0) is 34.6 Å². The van der Waals surface area contributed by atoms with Crippen LogP contribution >= 0.6 is 0 Å². The average molecular weight is 343 g/mol. The van der Waals surface area contributed by atoms with E-state index in [4.69, 9.17) is 4.74 Å². The van der Waals surface area contributed by atoms with Gasteiger partial charge in [0.25, 0.3) is 0 Å².